The van der Waals surface area contributed by atoms with E-state index >= 15 is 0 Å². The number of hydrogen-bond donors (Lipinski definition) is 0. The zero-order chi connectivity index (χ0) is 24.3. The van der Waals surface area contributed by atoms with Crippen molar-refractivity contribution in [2.75, 3.05) is 0 Å². The van der Waals surface area contributed by atoms with E-state index in [0.717, 1.165) is 0 Å². The van der Waals surface area contributed by atoms with Gasteiger partial charge in [0.1, 0.15) is 4.83 Å². The van der Waals surface area contributed by atoms with E-state index in [1.807, 2.05) is 22.7 Å². The smallest absolute Gasteiger partial charge is 0.110 e. The zero-order valence-corrected chi connectivity index (χ0v) is 21.5. The molecule has 0 bridgehead atoms. The summed E-state index contributed by atoms with van der Waals surface area (Å²) in [5.74, 6) is 0. The predicted molar refractivity (Wildman–Crippen MR) is 162 cm³/mol. The molecule has 0 unspecified atom stereocenters. The molecule has 3 aromatic heterocycles. The second-order valence-corrected chi connectivity index (χ2v) is 11.7. The van der Waals surface area contributed by atoms with Gasteiger partial charge in [0, 0.05) is 31.9 Å². The van der Waals surface area contributed by atoms with Crippen molar-refractivity contribution in [2.45, 2.75) is 0 Å². The van der Waals surface area contributed by atoms with Crippen LogP contribution in [-0.4, -0.2) is 4.57 Å². The third-order valence-corrected chi connectivity index (χ3v) is 9.66. The molecule has 0 aliphatic rings. The summed E-state index contributed by atoms with van der Waals surface area (Å²) in [4.78, 5) is 1.32. The van der Waals surface area contributed by atoms with Crippen LogP contribution >= 0.6 is 22.7 Å². The van der Waals surface area contributed by atoms with Crippen LogP contribution in [0.15, 0.2) is 127 Å². The quantitative estimate of drug-likeness (QED) is 0.224. The molecule has 3 heterocycles. The minimum Gasteiger partial charge on any atom is -0.301 e. The lowest BCUT2D eigenvalue weighted by molar-refractivity contribution is 1.20. The van der Waals surface area contributed by atoms with Crippen LogP contribution in [0.1, 0.15) is 0 Å². The standard InChI is InChI=1S/C34H21NS2/c1-3-11-22(12-4-1)24-19-25(23-13-5-2-6-14-23)21-26(20-24)35-29-17-9-7-15-27(29)31-32-28-16-8-10-18-30(28)36-34(32)37-33(31)35/h1-21H. The highest BCUT2D eigenvalue weighted by Gasteiger charge is 2.21. The van der Waals surface area contributed by atoms with Crippen LogP contribution in [0, 0.1) is 0 Å². The van der Waals surface area contributed by atoms with Crippen molar-refractivity contribution in [1.82, 2.24) is 4.57 Å². The number of fused-ring (bicyclic) bond motifs is 7. The summed E-state index contributed by atoms with van der Waals surface area (Å²) < 4.78 is 5.24. The van der Waals surface area contributed by atoms with E-state index in [1.165, 1.54) is 68.5 Å². The van der Waals surface area contributed by atoms with Gasteiger partial charge in [-0.15, -0.1) is 22.7 Å². The molecule has 0 saturated carbocycles. The Morgan fingerprint density at radius 1 is 0.459 bits per heavy atom. The Kier molecular flexibility index (Phi) is 4.63. The summed E-state index contributed by atoms with van der Waals surface area (Å²) in [6, 6.07) is 46.1. The number of thiophene rings is 2. The van der Waals surface area contributed by atoms with Gasteiger partial charge in [-0.3, -0.25) is 0 Å². The number of benzene rings is 5. The molecular weight excluding hydrogens is 487 g/mol. The zero-order valence-electron chi connectivity index (χ0n) is 19.9. The van der Waals surface area contributed by atoms with Gasteiger partial charge < -0.3 is 4.57 Å². The van der Waals surface area contributed by atoms with Crippen LogP contribution in [0.5, 0.6) is 0 Å². The van der Waals surface area contributed by atoms with Crippen molar-refractivity contribution in [2.24, 2.45) is 0 Å². The highest BCUT2D eigenvalue weighted by Crippen LogP contribution is 2.48. The van der Waals surface area contributed by atoms with Crippen molar-refractivity contribution in [3.63, 3.8) is 0 Å². The van der Waals surface area contributed by atoms with Crippen LogP contribution in [0.3, 0.4) is 0 Å². The molecule has 8 rings (SSSR count). The first-order chi connectivity index (χ1) is 18.3. The normalized spacial score (nSPS) is 11.8. The van der Waals surface area contributed by atoms with Crippen LogP contribution in [0.25, 0.3) is 68.5 Å². The lowest BCUT2D eigenvalue weighted by Gasteiger charge is -2.13. The summed E-state index contributed by atoms with van der Waals surface area (Å²) in [6.45, 7) is 0. The molecule has 0 N–H and O–H groups in total. The second kappa shape index (κ2) is 8.17. The molecule has 0 aliphatic heterocycles. The molecule has 0 fully saturated rings. The molecule has 3 heteroatoms. The maximum Gasteiger partial charge on any atom is 0.110 e. The first kappa shape index (κ1) is 21.0. The van der Waals surface area contributed by atoms with Gasteiger partial charge in [0.2, 0.25) is 0 Å². The fourth-order valence-corrected chi connectivity index (χ4v) is 8.28. The molecule has 0 aliphatic carbocycles. The van der Waals surface area contributed by atoms with Crippen LogP contribution in [0.4, 0.5) is 0 Å². The summed E-state index contributed by atoms with van der Waals surface area (Å²) >= 11 is 3.83. The number of nitrogens with zero attached hydrogens (tertiary/aromatic N) is 1. The first-order valence-corrected chi connectivity index (χ1v) is 14.1. The predicted octanol–water partition coefficient (Wildman–Crippen LogP) is 10.5. The largest absolute Gasteiger partial charge is 0.301 e. The molecule has 0 atom stereocenters. The Hall–Kier alpha value is -4.18. The summed E-state index contributed by atoms with van der Waals surface area (Å²) in [6.07, 6.45) is 0. The minimum absolute atomic E-state index is 1.20. The van der Waals surface area contributed by atoms with Crippen molar-refractivity contribution in [3.8, 4) is 27.9 Å². The average Bonchev–Trinajstić information content (AvgIpc) is 3.60. The maximum atomic E-state index is 2.48. The van der Waals surface area contributed by atoms with E-state index in [1.54, 1.807) is 0 Å². The van der Waals surface area contributed by atoms with Crippen LogP contribution < -0.4 is 0 Å². The number of para-hydroxylation sites is 1. The van der Waals surface area contributed by atoms with Crippen LogP contribution in [0.2, 0.25) is 0 Å². The molecular formula is C34H21NS2. The third kappa shape index (κ3) is 3.21. The Balaban J connectivity index is 1.49. The Morgan fingerprint density at radius 3 is 1.76 bits per heavy atom. The van der Waals surface area contributed by atoms with Gasteiger partial charge in [0.15, 0.2) is 0 Å². The van der Waals surface area contributed by atoms with Gasteiger partial charge in [-0.05, 0) is 52.6 Å². The van der Waals surface area contributed by atoms with E-state index in [0.29, 0.717) is 0 Å². The van der Waals surface area contributed by atoms with E-state index in [-0.39, 0.29) is 0 Å². The molecule has 0 saturated heterocycles. The van der Waals surface area contributed by atoms with Crippen LogP contribution in [-0.2, 0) is 0 Å². The van der Waals surface area contributed by atoms with E-state index in [4.69, 9.17) is 0 Å². The maximum absolute atomic E-state index is 2.48. The molecule has 0 radical (unpaired) electrons. The number of aromatic nitrogens is 1. The summed E-state index contributed by atoms with van der Waals surface area (Å²) in [5.41, 5.74) is 7.37. The van der Waals surface area contributed by atoms with Crippen molar-refractivity contribution in [1.29, 1.82) is 0 Å². The van der Waals surface area contributed by atoms with E-state index in [9.17, 15) is 0 Å². The lowest BCUT2D eigenvalue weighted by Crippen LogP contribution is -1.95. The highest BCUT2D eigenvalue weighted by molar-refractivity contribution is 7.44. The Morgan fingerprint density at radius 2 is 1.05 bits per heavy atom. The lowest BCUT2D eigenvalue weighted by atomic mass is 9.98. The van der Waals surface area contributed by atoms with E-state index in [2.05, 4.69) is 132 Å². The molecule has 8 aromatic rings. The molecule has 1 nitrogen and oxygen atoms in total. The molecule has 174 valence electrons. The Bertz CT molecular complexity index is 2020. The van der Waals surface area contributed by atoms with Gasteiger partial charge in [-0.1, -0.05) is 97.1 Å². The van der Waals surface area contributed by atoms with Gasteiger partial charge >= 0.3 is 0 Å². The summed E-state index contributed by atoms with van der Waals surface area (Å²) in [7, 11) is 0. The number of hydrogen-bond acceptors (Lipinski definition) is 2. The van der Waals surface area contributed by atoms with Crippen molar-refractivity contribution in [3.05, 3.63) is 127 Å². The van der Waals surface area contributed by atoms with Crippen molar-refractivity contribution >= 4 is 63.3 Å². The van der Waals surface area contributed by atoms with Gasteiger partial charge in [-0.25, -0.2) is 0 Å². The molecule has 5 aromatic carbocycles. The van der Waals surface area contributed by atoms with Gasteiger partial charge in [-0.2, -0.15) is 0 Å². The highest BCUT2D eigenvalue weighted by atomic mass is 32.2. The fraction of sp³-hybridized carbons (Fsp3) is 0. The van der Waals surface area contributed by atoms with Gasteiger partial charge in [0.25, 0.3) is 0 Å². The number of rotatable bonds is 3. The topological polar surface area (TPSA) is 4.93 Å². The second-order valence-electron chi connectivity index (χ2n) is 9.40. The van der Waals surface area contributed by atoms with Crippen molar-refractivity contribution < 1.29 is 0 Å². The third-order valence-electron chi connectivity index (χ3n) is 7.22. The molecule has 0 spiro atoms. The van der Waals surface area contributed by atoms with E-state index < -0.39 is 0 Å². The van der Waals surface area contributed by atoms with Gasteiger partial charge in [0.05, 0.1) is 9.53 Å². The molecule has 0 amide bonds. The minimum atomic E-state index is 1.20. The Labute approximate surface area is 222 Å². The fourth-order valence-electron chi connectivity index (χ4n) is 5.57. The molecule has 37 heavy (non-hydrogen) atoms. The average molecular weight is 508 g/mol. The first-order valence-electron chi connectivity index (χ1n) is 12.4. The summed E-state index contributed by atoms with van der Waals surface area (Å²) in [5, 5.41) is 5.45. The SMILES string of the molecule is c1ccc(-c2cc(-c3ccccc3)cc(-n3c4ccccc4c4c5c(sc6ccccc65)sc43)c2)cc1. The monoisotopic (exact) mass is 507 g/mol.